The zero-order chi connectivity index (χ0) is 25.3. The number of nitrogens with two attached hydrogens (primary N) is 1. The summed E-state index contributed by atoms with van der Waals surface area (Å²) in [6.07, 6.45) is 4.47. The number of carboxylic acid groups (broad SMARTS) is 2. The van der Waals surface area contributed by atoms with Crippen LogP contribution in [-0.2, 0) is 26.2 Å². The van der Waals surface area contributed by atoms with Crippen molar-refractivity contribution in [3.63, 3.8) is 0 Å². The van der Waals surface area contributed by atoms with E-state index in [-0.39, 0.29) is 22.1 Å². The Kier molecular flexibility index (Phi) is 7.14. The van der Waals surface area contributed by atoms with Crippen LogP contribution < -0.4 is 15.6 Å². The summed E-state index contributed by atoms with van der Waals surface area (Å²) in [6.45, 7) is 0. The molecule has 2 aliphatic heterocycles. The minimum atomic E-state index is -1.36. The van der Waals surface area contributed by atoms with Crippen molar-refractivity contribution in [3.8, 4) is 0 Å². The summed E-state index contributed by atoms with van der Waals surface area (Å²) in [7, 11) is 1.90. The molecule has 1 fully saturated rings. The number of nitrogens with one attached hydrogen (secondary N) is 1. The van der Waals surface area contributed by atoms with Gasteiger partial charge in [0.2, 0.25) is 0 Å². The maximum Gasteiger partial charge on any atom is 0.352 e. The van der Waals surface area contributed by atoms with Crippen LogP contribution in [0.15, 0.2) is 52.1 Å². The third kappa shape index (κ3) is 5.18. The molecular formula is C21H20N5O6S3+. The molecule has 0 aromatic carbocycles. The Morgan fingerprint density at radius 1 is 1.34 bits per heavy atom. The number of pyridine rings is 1. The fourth-order valence-corrected chi connectivity index (χ4v) is 6.49. The van der Waals surface area contributed by atoms with Gasteiger partial charge in [0.15, 0.2) is 17.5 Å². The fourth-order valence-electron chi connectivity index (χ4n) is 3.56. The van der Waals surface area contributed by atoms with E-state index >= 15 is 0 Å². The van der Waals surface area contributed by atoms with E-state index in [1.165, 1.54) is 33.8 Å². The van der Waals surface area contributed by atoms with Crippen LogP contribution in [-0.4, -0.2) is 66.8 Å². The highest BCUT2D eigenvalue weighted by Gasteiger charge is 2.54. The van der Waals surface area contributed by atoms with Crippen molar-refractivity contribution in [1.82, 2.24) is 15.2 Å². The lowest BCUT2D eigenvalue weighted by Crippen LogP contribution is -2.70. The second-order valence-electron chi connectivity index (χ2n) is 7.57. The largest absolute Gasteiger partial charge is 0.478 e. The number of carboxylic acids is 2. The van der Waals surface area contributed by atoms with E-state index in [4.69, 9.17) is 10.8 Å². The molecular weight excluding hydrogens is 514 g/mol. The Morgan fingerprint density at radius 3 is 2.66 bits per heavy atom. The SMILES string of the molecule is C[n+]1ccc(SCC2=C(C(=O)O)N3C(=O)C(NC(=O)C(=CC(=O)O)c4csc(N)n4)[C@@H]3SC2)cc1. The zero-order valence-electron chi connectivity index (χ0n) is 18.2. The summed E-state index contributed by atoms with van der Waals surface area (Å²) < 4.78 is 1.89. The molecule has 182 valence electrons. The van der Waals surface area contributed by atoms with Crippen molar-refractivity contribution in [2.24, 2.45) is 7.05 Å². The first-order valence-corrected chi connectivity index (χ1v) is 13.0. The van der Waals surface area contributed by atoms with E-state index in [0.29, 0.717) is 23.2 Å². The minimum absolute atomic E-state index is 0.0762. The minimum Gasteiger partial charge on any atom is -0.478 e. The van der Waals surface area contributed by atoms with Crippen LogP contribution in [0.3, 0.4) is 0 Å². The van der Waals surface area contributed by atoms with Crippen molar-refractivity contribution < 1.29 is 34.0 Å². The molecule has 11 nitrogen and oxygen atoms in total. The van der Waals surface area contributed by atoms with Gasteiger partial charge in [-0.3, -0.25) is 14.5 Å². The standard InChI is InChI=1S/C21H19N5O6S3/c1-25-4-2-11(3-5-25)33-7-10-8-34-19-15(18(30)26(19)16(10)20(31)32)24-17(29)12(6-14(27)28)13-9-35-21(22)23-13/h2-6,9,15,19H,7-8H2,1H3,(H4-,22,23,24,27,28,29,31,32)/p+1/t15?,19-/m0/s1. The van der Waals surface area contributed by atoms with Crippen molar-refractivity contribution in [1.29, 1.82) is 0 Å². The van der Waals surface area contributed by atoms with Crippen LogP contribution >= 0.6 is 34.9 Å². The van der Waals surface area contributed by atoms with Gasteiger partial charge in [0.1, 0.15) is 24.2 Å². The van der Waals surface area contributed by atoms with Crippen molar-refractivity contribution in [3.05, 3.63) is 52.9 Å². The average molecular weight is 535 g/mol. The number of aromatic nitrogens is 2. The first-order valence-electron chi connectivity index (χ1n) is 10.1. The van der Waals surface area contributed by atoms with Crippen LogP contribution in [0.4, 0.5) is 5.13 Å². The highest BCUT2D eigenvalue weighted by molar-refractivity contribution is 8.01. The van der Waals surface area contributed by atoms with Gasteiger partial charge in [0.05, 0.1) is 11.3 Å². The summed E-state index contributed by atoms with van der Waals surface area (Å²) in [5, 5.41) is 22.5. The number of aryl methyl sites for hydroxylation is 1. The topological polar surface area (TPSA) is 167 Å². The number of hydrogen-bond acceptors (Lipinski definition) is 9. The number of carbonyl (C=O) groups is 4. The maximum absolute atomic E-state index is 12.9. The van der Waals surface area contributed by atoms with Gasteiger partial charge in [0.25, 0.3) is 11.8 Å². The van der Waals surface area contributed by atoms with Crippen LogP contribution in [0.25, 0.3) is 5.57 Å². The van der Waals surface area contributed by atoms with Crippen LogP contribution in [0.2, 0.25) is 0 Å². The number of anilines is 1. The second-order valence-corrected chi connectivity index (χ2v) is 10.6. The lowest BCUT2D eigenvalue weighted by Gasteiger charge is -2.49. The van der Waals surface area contributed by atoms with E-state index in [0.717, 1.165) is 16.2 Å². The van der Waals surface area contributed by atoms with Crippen molar-refractivity contribution in [2.45, 2.75) is 16.3 Å². The molecule has 0 bridgehead atoms. The molecule has 35 heavy (non-hydrogen) atoms. The highest BCUT2D eigenvalue weighted by Crippen LogP contribution is 2.41. The van der Waals surface area contributed by atoms with Gasteiger partial charge >= 0.3 is 11.9 Å². The number of β-lactam (4-membered cyclic amide) rings is 1. The Balaban J connectivity index is 1.50. The highest BCUT2D eigenvalue weighted by atomic mass is 32.2. The Labute approximate surface area is 211 Å². The number of carbonyl (C=O) groups excluding carboxylic acids is 2. The molecule has 4 rings (SSSR count). The molecule has 2 amide bonds. The average Bonchev–Trinajstić information content (AvgIpc) is 3.25. The molecule has 0 aliphatic carbocycles. The van der Waals surface area contributed by atoms with Crippen LogP contribution in [0.1, 0.15) is 5.69 Å². The zero-order valence-corrected chi connectivity index (χ0v) is 20.7. The van der Waals surface area contributed by atoms with Crippen molar-refractivity contribution in [2.75, 3.05) is 17.2 Å². The molecule has 2 aromatic heterocycles. The molecule has 14 heteroatoms. The number of thiazole rings is 1. The second kappa shape index (κ2) is 10.1. The number of hydrogen-bond donors (Lipinski definition) is 4. The third-order valence-corrected chi connectivity index (χ3v) is 8.32. The fraction of sp³-hybridized carbons (Fsp3) is 0.238. The molecule has 2 aliphatic rings. The summed E-state index contributed by atoms with van der Waals surface area (Å²) in [6, 6.07) is 2.84. The molecule has 0 spiro atoms. The van der Waals surface area contributed by atoms with Crippen LogP contribution in [0, 0.1) is 0 Å². The predicted molar refractivity (Wildman–Crippen MR) is 130 cm³/mol. The number of aliphatic carboxylic acids is 2. The van der Waals surface area contributed by atoms with E-state index in [9.17, 15) is 24.3 Å². The quantitative estimate of drug-likeness (QED) is 0.162. The number of nitrogens with zero attached hydrogens (tertiary/aromatic N) is 3. The number of amides is 2. The first kappa shape index (κ1) is 24.8. The van der Waals surface area contributed by atoms with E-state index in [1.807, 2.05) is 36.1 Å². The number of thioether (sulfide) groups is 2. The van der Waals surface area contributed by atoms with Gasteiger partial charge in [-0.05, 0) is 5.57 Å². The van der Waals surface area contributed by atoms with Gasteiger partial charge < -0.3 is 21.3 Å². The number of fused-ring (bicyclic) bond motifs is 1. The van der Waals surface area contributed by atoms with E-state index < -0.39 is 35.2 Å². The number of rotatable bonds is 8. The third-order valence-electron chi connectivity index (χ3n) is 5.21. The summed E-state index contributed by atoms with van der Waals surface area (Å²) in [4.78, 5) is 55.1. The van der Waals surface area contributed by atoms with E-state index in [1.54, 1.807) is 0 Å². The van der Waals surface area contributed by atoms with E-state index in [2.05, 4.69) is 10.3 Å². The molecule has 4 heterocycles. The van der Waals surface area contributed by atoms with Crippen molar-refractivity contribution >= 4 is 69.3 Å². The Bertz CT molecular complexity index is 1270. The first-order chi connectivity index (χ1) is 16.7. The summed E-state index contributed by atoms with van der Waals surface area (Å²) in [5.41, 5.74) is 5.95. The van der Waals surface area contributed by atoms with Gasteiger partial charge in [-0.1, -0.05) is 0 Å². The maximum atomic E-state index is 12.9. The predicted octanol–water partition coefficient (Wildman–Crippen LogP) is 0.549. The number of nitrogen functional groups attached to an aromatic ring is 1. The van der Waals surface area contributed by atoms with Gasteiger partial charge in [-0.25, -0.2) is 19.1 Å². The molecule has 1 saturated heterocycles. The Morgan fingerprint density at radius 2 is 2.06 bits per heavy atom. The van der Waals surface area contributed by atoms with Crippen LogP contribution in [0.5, 0.6) is 0 Å². The van der Waals surface area contributed by atoms with Gasteiger partial charge in [-0.15, -0.1) is 34.9 Å². The van der Waals surface area contributed by atoms with Gasteiger partial charge in [-0.2, -0.15) is 0 Å². The lowest BCUT2D eigenvalue weighted by atomic mass is 10.0. The molecule has 2 atom stereocenters. The lowest BCUT2D eigenvalue weighted by molar-refractivity contribution is -0.671. The van der Waals surface area contributed by atoms with Gasteiger partial charge in [0, 0.05) is 40.0 Å². The molecule has 0 saturated carbocycles. The monoisotopic (exact) mass is 534 g/mol. The summed E-state index contributed by atoms with van der Waals surface area (Å²) in [5.74, 6) is -3.19. The molecule has 5 N–H and O–H groups in total. The smallest absolute Gasteiger partial charge is 0.352 e. The summed E-state index contributed by atoms with van der Waals surface area (Å²) >= 11 is 3.85. The Hall–Kier alpha value is -3.36. The normalized spacial score (nSPS) is 19.7. The molecule has 0 radical (unpaired) electrons. The molecule has 1 unspecified atom stereocenters. The molecule has 2 aromatic rings.